The van der Waals surface area contributed by atoms with Gasteiger partial charge in [-0.3, -0.25) is 9.59 Å². The van der Waals surface area contributed by atoms with Gasteiger partial charge in [-0.2, -0.15) is 0 Å². The highest BCUT2D eigenvalue weighted by Crippen LogP contribution is 2.31. The van der Waals surface area contributed by atoms with Gasteiger partial charge in [0.1, 0.15) is 0 Å². The third-order valence-corrected chi connectivity index (χ3v) is 2.82. The van der Waals surface area contributed by atoms with Crippen molar-refractivity contribution < 1.29 is 9.59 Å². The van der Waals surface area contributed by atoms with Crippen molar-refractivity contribution in [2.24, 2.45) is 0 Å². The molecule has 0 unspecified atom stereocenters. The van der Waals surface area contributed by atoms with Crippen LogP contribution in [0.3, 0.4) is 0 Å². The van der Waals surface area contributed by atoms with E-state index in [-0.39, 0.29) is 11.7 Å². The van der Waals surface area contributed by atoms with Crippen LogP contribution in [0.15, 0.2) is 21.1 Å². The fourth-order valence-corrected chi connectivity index (χ4v) is 2.48. The number of carbonyl (C=O) groups excluding carboxylic acids is 2. The van der Waals surface area contributed by atoms with E-state index in [4.69, 9.17) is 0 Å². The molecule has 0 saturated heterocycles. The molecule has 5 heteroatoms. The van der Waals surface area contributed by atoms with Crippen LogP contribution in [0.4, 0.5) is 5.69 Å². The molecule has 80 valence electrons. The molecule has 0 saturated carbocycles. The molecule has 1 N–H and O–H groups in total. The molecule has 0 heterocycles. The number of Topliss-reactive ketones (excluding diaryl/α,β-unsaturated/α-hetero) is 1. The van der Waals surface area contributed by atoms with Gasteiger partial charge in [0.15, 0.2) is 5.78 Å². The van der Waals surface area contributed by atoms with Gasteiger partial charge < -0.3 is 5.32 Å². The lowest BCUT2D eigenvalue weighted by Gasteiger charge is -2.10. The number of ketones is 1. The van der Waals surface area contributed by atoms with E-state index < -0.39 is 0 Å². The Morgan fingerprint density at radius 1 is 1.20 bits per heavy atom. The van der Waals surface area contributed by atoms with Crippen LogP contribution in [0, 0.1) is 0 Å². The molecule has 0 bridgehead atoms. The summed E-state index contributed by atoms with van der Waals surface area (Å²) in [5, 5.41) is 2.62. The molecule has 3 nitrogen and oxygen atoms in total. The number of benzene rings is 1. The second-order valence-electron chi connectivity index (χ2n) is 3.05. The zero-order valence-corrected chi connectivity index (χ0v) is 11.4. The number of hydrogen-bond acceptors (Lipinski definition) is 2. The lowest BCUT2D eigenvalue weighted by molar-refractivity contribution is -0.114. The number of rotatable bonds is 2. The van der Waals surface area contributed by atoms with Crippen molar-refractivity contribution in [1.82, 2.24) is 0 Å². The number of nitrogens with one attached hydrogen (secondary N) is 1. The monoisotopic (exact) mass is 333 g/mol. The summed E-state index contributed by atoms with van der Waals surface area (Å²) in [5.41, 5.74) is 0.990. The van der Waals surface area contributed by atoms with E-state index >= 15 is 0 Å². The second kappa shape index (κ2) is 4.90. The summed E-state index contributed by atoms with van der Waals surface area (Å²) in [6.07, 6.45) is 0. The van der Waals surface area contributed by atoms with Crippen LogP contribution < -0.4 is 5.32 Å². The Hall–Kier alpha value is -0.680. The van der Waals surface area contributed by atoms with Crippen molar-refractivity contribution in [2.45, 2.75) is 13.8 Å². The van der Waals surface area contributed by atoms with Crippen LogP contribution in [0.5, 0.6) is 0 Å². The van der Waals surface area contributed by atoms with Gasteiger partial charge >= 0.3 is 0 Å². The smallest absolute Gasteiger partial charge is 0.221 e. The Balaban J connectivity index is 3.33. The van der Waals surface area contributed by atoms with Crippen LogP contribution in [-0.4, -0.2) is 11.7 Å². The Kier molecular flexibility index (Phi) is 4.04. The summed E-state index contributed by atoms with van der Waals surface area (Å²) < 4.78 is 1.46. The number of carbonyl (C=O) groups is 2. The summed E-state index contributed by atoms with van der Waals surface area (Å²) in [5.74, 6) is -0.304. The van der Waals surface area contributed by atoms with E-state index in [1.54, 1.807) is 12.1 Å². The number of hydrogen-bond donors (Lipinski definition) is 1. The zero-order valence-electron chi connectivity index (χ0n) is 8.23. The van der Waals surface area contributed by atoms with Crippen molar-refractivity contribution in [1.29, 1.82) is 0 Å². The predicted octanol–water partition coefficient (Wildman–Crippen LogP) is 3.37. The molecule has 0 aromatic heterocycles. The molecular weight excluding hydrogens is 326 g/mol. The fourth-order valence-electron chi connectivity index (χ4n) is 1.15. The number of amides is 1. The Bertz CT molecular complexity index is 430. The van der Waals surface area contributed by atoms with Gasteiger partial charge in [0.05, 0.1) is 5.69 Å². The van der Waals surface area contributed by atoms with Gasteiger partial charge in [-0.1, -0.05) is 15.9 Å². The molecule has 0 fully saturated rings. The third-order valence-electron chi connectivity index (χ3n) is 1.74. The molecule has 1 aromatic carbocycles. The van der Waals surface area contributed by atoms with Crippen LogP contribution in [0.1, 0.15) is 24.2 Å². The molecule has 0 atom stereocenters. The molecule has 0 aliphatic carbocycles. The molecule has 0 spiro atoms. The third kappa shape index (κ3) is 3.14. The highest BCUT2D eigenvalue weighted by molar-refractivity contribution is 9.11. The summed E-state index contributed by atoms with van der Waals surface area (Å²) >= 11 is 6.58. The van der Waals surface area contributed by atoms with Gasteiger partial charge in [-0.05, 0) is 35.0 Å². The lowest BCUT2D eigenvalue weighted by Crippen LogP contribution is -2.10. The molecule has 15 heavy (non-hydrogen) atoms. The lowest BCUT2D eigenvalue weighted by atomic mass is 10.1. The Labute approximate surface area is 104 Å². The van der Waals surface area contributed by atoms with Crippen molar-refractivity contribution in [3.8, 4) is 0 Å². The summed E-state index contributed by atoms with van der Waals surface area (Å²) in [6.45, 7) is 2.86. The normalized spacial score (nSPS) is 9.87. The second-order valence-corrected chi connectivity index (χ2v) is 4.82. The van der Waals surface area contributed by atoms with E-state index in [0.29, 0.717) is 15.7 Å². The van der Waals surface area contributed by atoms with Crippen molar-refractivity contribution in [2.75, 3.05) is 5.32 Å². The standard InChI is InChI=1S/C10H9Br2NO2/c1-5(14)8-3-7(11)4-9(12)10(8)13-6(2)15/h3-4H,1-2H3,(H,13,15). The Morgan fingerprint density at radius 2 is 1.80 bits per heavy atom. The highest BCUT2D eigenvalue weighted by atomic mass is 79.9. The van der Waals surface area contributed by atoms with E-state index in [1.165, 1.54) is 13.8 Å². The molecule has 0 aliphatic rings. The van der Waals surface area contributed by atoms with Crippen LogP contribution in [0.2, 0.25) is 0 Å². The van der Waals surface area contributed by atoms with Gasteiger partial charge in [-0.25, -0.2) is 0 Å². The van der Waals surface area contributed by atoms with E-state index in [1.807, 2.05) is 0 Å². The van der Waals surface area contributed by atoms with Crippen LogP contribution in [-0.2, 0) is 4.79 Å². The number of halogens is 2. The van der Waals surface area contributed by atoms with Crippen molar-refractivity contribution in [3.05, 3.63) is 26.6 Å². The fraction of sp³-hybridized carbons (Fsp3) is 0.200. The van der Waals surface area contributed by atoms with E-state index in [2.05, 4.69) is 37.2 Å². The van der Waals surface area contributed by atoms with E-state index in [0.717, 1.165) is 4.47 Å². The van der Waals surface area contributed by atoms with Gasteiger partial charge in [-0.15, -0.1) is 0 Å². The molecule has 0 radical (unpaired) electrons. The summed E-state index contributed by atoms with van der Waals surface area (Å²) in [4.78, 5) is 22.3. The maximum Gasteiger partial charge on any atom is 0.221 e. The highest BCUT2D eigenvalue weighted by Gasteiger charge is 2.13. The largest absolute Gasteiger partial charge is 0.325 e. The molecular formula is C10H9Br2NO2. The van der Waals surface area contributed by atoms with Gasteiger partial charge in [0.2, 0.25) is 5.91 Å². The molecule has 1 rings (SSSR count). The quantitative estimate of drug-likeness (QED) is 0.843. The average molecular weight is 335 g/mol. The first-order valence-electron chi connectivity index (χ1n) is 4.19. The van der Waals surface area contributed by atoms with Crippen molar-refractivity contribution >= 4 is 49.2 Å². The maximum atomic E-state index is 11.4. The number of anilines is 1. The van der Waals surface area contributed by atoms with Crippen LogP contribution >= 0.6 is 31.9 Å². The summed E-state index contributed by atoms with van der Waals surface area (Å²) in [7, 11) is 0. The van der Waals surface area contributed by atoms with Crippen molar-refractivity contribution in [3.63, 3.8) is 0 Å². The first-order valence-corrected chi connectivity index (χ1v) is 5.78. The minimum atomic E-state index is -0.208. The SMILES string of the molecule is CC(=O)Nc1c(Br)cc(Br)cc1C(C)=O. The summed E-state index contributed by atoms with van der Waals surface area (Å²) in [6, 6.07) is 3.45. The van der Waals surface area contributed by atoms with E-state index in [9.17, 15) is 9.59 Å². The first-order chi connectivity index (χ1) is 6.91. The average Bonchev–Trinajstić information content (AvgIpc) is 2.08. The molecule has 0 aliphatic heterocycles. The minimum Gasteiger partial charge on any atom is -0.325 e. The van der Waals surface area contributed by atoms with Gasteiger partial charge in [0, 0.05) is 21.4 Å². The maximum absolute atomic E-state index is 11.4. The first kappa shape index (κ1) is 12.4. The van der Waals surface area contributed by atoms with Gasteiger partial charge in [0.25, 0.3) is 0 Å². The zero-order chi connectivity index (χ0) is 11.6. The molecule has 1 amide bonds. The molecule has 1 aromatic rings. The Morgan fingerprint density at radius 3 is 2.27 bits per heavy atom. The predicted molar refractivity (Wildman–Crippen MR) is 66.2 cm³/mol. The topological polar surface area (TPSA) is 46.2 Å². The minimum absolute atomic E-state index is 0.0965. The van der Waals surface area contributed by atoms with Crippen LogP contribution in [0.25, 0.3) is 0 Å².